The number of hydrogen-bond acceptors (Lipinski definition) is 5. The quantitative estimate of drug-likeness (QED) is 0.696. The minimum atomic E-state index is -0.0858. The van der Waals surface area contributed by atoms with Gasteiger partial charge in [0.1, 0.15) is 11.5 Å². The zero-order chi connectivity index (χ0) is 18.8. The molecule has 0 radical (unpaired) electrons. The number of rotatable bonds is 5. The summed E-state index contributed by atoms with van der Waals surface area (Å²) in [6.07, 6.45) is 2.29. The molecule has 2 aromatic heterocycles. The summed E-state index contributed by atoms with van der Waals surface area (Å²) >= 11 is 1.64. The van der Waals surface area contributed by atoms with E-state index in [1.165, 1.54) is 0 Å². The molecule has 1 N–H and O–H groups in total. The van der Waals surface area contributed by atoms with E-state index < -0.39 is 0 Å². The molecule has 27 heavy (non-hydrogen) atoms. The van der Waals surface area contributed by atoms with Gasteiger partial charge in [-0.2, -0.15) is 5.10 Å². The fourth-order valence-electron chi connectivity index (χ4n) is 3.37. The second-order valence-electron chi connectivity index (χ2n) is 6.62. The van der Waals surface area contributed by atoms with Crippen molar-refractivity contribution in [3.05, 3.63) is 75.9 Å². The summed E-state index contributed by atoms with van der Waals surface area (Å²) in [5.41, 5.74) is 4.06. The van der Waals surface area contributed by atoms with Crippen molar-refractivity contribution in [1.82, 2.24) is 5.01 Å². The molecule has 0 bridgehead atoms. The molecule has 1 amide bonds. The zero-order valence-electron chi connectivity index (χ0n) is 15.3. The van der Waals surface area contributed by atoms with Crippen LogP contribution in [0.5, 0.6) is 0 Å². The van der Waals surface area contributed by atoms with Gasteiger partial charge in [0, 0.05) is 17.0 Å². The van der Waals surface area contributed by atoms with Gasteiger partial charge in [0.15, 0.2) is 0 Å². The van der Waals surface area contributed by atoms with Crippen molar-refractivity contribution < 1.29 is 9.21 Å². The number of amides is 1. The highest BCUT2D eigenvalue weighted by atomic mass is 32.1. The summed E-state index contributed by atoms with van der Waals surface area (Å²) < 4.78 is 5.49. The van der Waals surface area contributed by atoms with Crippen molar-refractivity contribution in [2.75, 3.05) is 11.9 Å². The second-order valence-corrected chi connectivity index (χ2v) is 7.60. The first-order chi connectivity index (χ1) is 13.1. The van der Waals surface area contributed by atoms with Crippen LogP contribution in [0.4, 0.5) is 5.69 Å². The number of hydrogen-bond donors (Lipinski definition) is 1. The van der Waals surface area contributed by atoms with Crippen LogP contribution in [0.2, 0.25) is 0 Å². The molecule has 1 aliphatic heterocycles. The number of aryl methyl sites for hydroxylation is 2. The first kappa shape index (κ1) is 17.5. The van der Waals surface area contributed by atoms with E-state index >= 15 is 0 Å². The Hall–Kier alpha value is -2.86. The highest BCUT2D eigenvalue weighted by Gasteiger charge is 2.34. The van der Waals surface area contributed by atoms with E-state index in [2.05, 4.69) is 16.5 Å². The molecule has 6 heteroatoms. The lowest BCUT2D eigenvalue weighted by atomic mass is 10.1. The van der Waals surface area contributed by atoms with Gasteiger partial charge >= 0.3 is 0 Å². The Morgan fingerprint density at radius 1 is 1.22 bits per heavy atom. The predicted molar refractivity (Wildman–Crippen MR) is 108 cm³/mol. The largest absolute Gasteiger partial charge is 0.463 e. The number of nitrogens with one attached hydrogen (secondary N) is 1. The standard InChI is InChI=1S/C21H21N3O2S/c1-14-6-3-7-15(2)21(14)22-13-20(25)24-17(19-9-5-11-27-19)12-16(23-24)18-8-4-10-26-18/h3-11,17,22H,12-13H2,1-2H3. The molecule has 0 fully saturated rings. The molecule has 1 aromatic carbocycles. The summed E-state index contributed by atoms with van der Waals surface area (Å²) in [5.74, 6) is 0.659. The van der Waals surface area contributed by atoms with Crippen LogP contribution < -0.4 is 5.32 Å². The van der Waals surface area contributed by atoms with Crippen molar-refractivity contribution in [3.8, 4) is 0 Å². The molecule has 4 rings (SSSR count). The van der Waals surface area contributed by atoms with Crippen LogP contribution in [0.3, 0.4) is 0 Å². The Morgan fingerprint density at radius 3 is 2.70 bits per heavy atom. The third-order valence-corrected chi connectivity index (χ3v) is 5.71. The first-order valence-corrected chi connectivity index (χ1v) is 9.78. The van der Waals surface area contributed by atoms with Gasteiger partial charge in [-0.3, -0.25) is 4.79 Å². The molecule has 3 heterocycles. The Kier molecular flexibility index (Phi) is 4.81. The Balaban J connectivity index is 1.55. The lowest BCUT2D eigenvalue weighted by molar-refractivity contribution is -0.131. The number of thiophene rings is 1. The summed E-state index contributed by atoms with van der Waals surface area (Å²) in [6.45, 7) is 4.27. The molecule has 3 aromatic rings. The van der Waals surface area contributed by atoms with Crippen LogP contribution in [-0.2, 0) is 4.79 Å². The molecule has 0 aliphatic carbocycles. The monoisotopic (exact) mass is 379 g/mol. The van der Waals surface area contributed by atoms with Crippen LogP contribution >= 0.6 is 11.3 Å². The second kappa shape index (κ2) is 7.40. The first-order valence-electron chi connectivity index (χ1n) is 8.90. The molecular weight excluding hydrogens is 358 g/mol. The van der Waals surface area contributed by atoms with Gasteiger partial charge in [0.25, 0.3) is 5.91 Å². The van der Waals surface area contributed by atoms with Crippen LogP contribution in [0.1, 0.15) is 34.2 Å². The van der Waals surface area contributed by atoms with E-state index in [-0.39, 0.29) is 18.5 Å². The Labute approximate surface area is 162 Å². The smallest absolute Gasteiger partial charge is 0.262 e. The maximum Gasteiger partial charge on any atom is 0.262 e. The van der Waals surface area contributed by atoms with E-state index in [1.807, 2.05) is 55.6 Å². The lowest BCUT2D eigenvalue weighted by Gasteiger charge is -2.21. The van der Waals surface area contributed by atoms with Gasteiger partial charge in [0.2, 0.25) is 0 Å². The van der Waals surface area contributed by atoms with Crippen molar-refractivity contribution in [1.29, 1.82) is 0 Å². The summed E-state index contributed by atoms with van der Waals surface area (Å²) in [5, 5.41) is 11.5. The number of benzene rings is 1. The average Bonchev–Trinajstić information content (AvgIpc) is 3.40. The molecule has 1 aliphatic rings. The molecule has 1 unspecified atom stereocenters. The van der Waals surface area contributed by atoms with Gasteiger partial charge in [-0.05, 0) is 48.6 Å². The fraction of sp³-hybridized carbons (Fsp3) is 0.238. The maximum absolute atomic E-state index is 13.0. The van der Waals surface area contributed by atoms with E-state index in [0.29, 0.717) is 6.42 Å². The Bertz CT molecular complexity index is 941. The average molecular weight is 379 g/mol. The molecule has 0 saturated carbocycles. The van der Waals surface area contributed by atoms with Crippen molar-refractivity contribution in [2.24, 2.45) is 5.10 Å². The fourth-order valence-corrected chi connectivity index (χ4v) is 4.18. The Morgan fingerprint density at radius 2 is 2.04 bits per heavy atom. The predicted octanol–water partition coefficient (Wildman–Crippen LogP) is 4.75. The summed E-state index contributed by atoms with van der Waals surface area (Å²) in [6, 6.07) is 13.8. The molecule has 5 nitrogen and oxygen atoms in total. The lowest BCUT2D eigenvalue weighted by Crippen LogP contribution is -2.32. The molecule has 138 valence electrons. The normalized spacial score (nSPS) is 16.4. The highest BCUT2D eigenvalue weighted by molar-refractivity contribution is 7.10. The number of carbonyl (C=O) groups is 1. The van der Waals surface area contributed by atoms with Crippen LogP contribution in [0.25, 0.3) is 0 Å². The molecule has 1 atom stereocenters. The zero-order valence-corrected chi connectivity index (χ0v) is 16.1. The highest BCUT2D eigenvalue weighted by Crippen LogP contribution is 2.35. The number of carbonyl (C=O) groups excluding carboxylic acids is 1. The minimum Gasteiger partial charge on any atom is -0.463 e. The van der Waals surface area contributed by atoms with Gasteiger partial charge in [-0.15, -0.1) is 11.3 Å². The van der Waals surface area contributed by atoms with Crippen molar-refractivity contribution in [2.45, 2.75) is 26.3 Å². The number of furan rings is 1. The van der Waals surface area contributed by atoms with E-state index in [9.17, 15) is 4.79 Å². The van der Waals surface area contributed by atoms with Crippen molar-refractivity contribution in [3.63, 3.8) is 0 Å². The maximum atomic E-state index is 13.0. The number of para-hydroxylation sites is 1. The number of nitrogens with zero attached hydrogens (tertiary/aromatic N) is 2. The van der Waals surface area contributed by atoms with Gasteiger partial charge in [-0.25, -0.2) is 5.01 Å². The van der Waals surface area contributed by atoms with Gasteiger partial charge < -0.3 is 9.73 Å². The van der Waals surface area contributed by atoms with Gasteiger partial charge in [-0.1, -0.05) is 24.3 Å². The van der Waals surface area contributed by atoms with Crippen molar-refractivity contribution >= 4 is 28.6 Å². The minimum absolute atomic E-state index is 0.0578. The summed E-state index contributed by atoms with van der Waals surface area (Å²) in [4.78, 5) is 14.1. The van der Waals surface area contributed by atoms with Crippen LogP contribution in [0, 0.1) is 13.8 Å². The molecule has 0 saturated heterocycles. The van der Waals surface area contributed by atoms with Gasteiger partial charge in [0.05, 0.1) is 18.8 Å². The van der Waals surface area contributed by atoms with E-state index in [4.69, 9.17) is 4.42 Å². The van der Waals surface area contributed by atoms with Crippen LogP contribution in [-0.4, -0.2) is 23.2 Å². The SMILES string of the molecule is Cc1cccc(C)c1NCC(=O)N1N=C(c2ccco2)CC1c1cccs1. The molecule has 0 spiro atoms. The third-order valence-electron chi connectivity index (χ3n) is 4.74. The number of anilines is 1. The molecular formula is C21H21N3O2S. The topological polar surface area (TPSA) is 57.8 Å². The summed E-state index contributed by atoms with van der Waals surface area (Å²) in [7, 11) is 0. The van der Waals surface area contributed by atoms with E-state index in [1.54, 1.807) is 22.6 Å². The van der Waals surface area contributed by atoms with Crippen LogP contribution in [0.15, 0.2) is 63.6 Å². The van der Waals surface area contributed by atoms with E-state index in [0.717, 1.165) is 33.2 Å². The third kappa shape index (κ3) is 3.53. The number of hydrazone groups is 1.